The SMILES string of the molecule is O=C(N[C@@H]1c2cc(CNCc3ccco3)ccc2C[C@H]1O)c1ccc(-c2ccccc2)cc1. The second-order valence-electron chi connectivity index (χ2n) is 8.38. The minimum absolute atomic E-state index is 0.187. The van der Waals surface area contributed by atoms with Crippen LogP contribution in [0.5, 0.6) is 0 Å². The zero-order valence-electron chi connectivity index (χ0n) is 18.2. The third-order valence-electron chi connectivity index (χ3n) is 6.11. The Balaban J connectivity index is 1.26. The molecule has 0 saturated carbocycles. The van der Waals surface area contributed by atoms with Crippen LogP contribution >= 0.6 is 0 Å². The van der Waals surface area contributed by atoms with Crippen molar-refractivity contribution in [2.75, 3.05) is 0 Å². The highest BCUT2D eigenvalue weighted by atomic mass is 16.3. The van der Waals surface area contributed by atoms with E-state index in [0.717, 1.165) is 33.6 Å². The number of carbonyl (C=O) groups is 1. The largest absolute Gasteiger partial charge is 0.468 e. The summed E-state index contributed by atoms with van der Waals surface area (Å²) < 4.78 is 5.35. The first-order valence-corrected chi connectivity index (χ1v) is 11.2. The second kappa shape index (κ2) is 9.45. The van der Waals surface area contributed by atoms with Crippen molar-refractivity contribution in [3.8, 4) is 11.1 Å². The predicted octanol–water partition coefficient (Wildman–Crippen LogP) is 4.62. The molecule has 1 aromatic heterocycles. The fourth-order valence-corrected chi connectivity index (χ4v) is 4.37. The molecule has 5 heteroatoms. The normalized spacial score (nSPS) is 17.0. The molecule has 5 nitrogen and oxygen atoms in total. The van der Waals surface area contributed by atoms with Gasteiger partial charge in [0.05, 0.1) is 25.0 Å². The van der Waals surface area contributed by atoms with Gasteiger partial charge in [-0.15, -0.1) is 0 Å². The van der Waals surface area contributed by atoms with E-state index in [1.165, 1.54) is 0 Å². The number of aliphatic hydroxyl groups is 1. The summed E-state index contributed by atoms with van der Waals surface area (Å²) >= 11 is 0. The number of furan rings is 1. The molecule has 0 fully saturated rings. The standard InChI is InChI=1S/C28H26N2O3/c31-26-16-23-9-8-19(17-29-18-24-7-4-14-33-24)15-25(23)27(26)30-28(32)22-12-10-21(11-13-22)20-5-2-1-3-6-20/h1-15,26-27,29,31H,16-18H2,(H,30,32)/t26-,27-/m1/s1. The lowest BCUT2D eigenvalue weighted by atomic mass is 10.0. The van der Waals surface area contributed by atoms with E-state index in [1.54, 1.807) is 6.26 Å². The first-order valence-electron chi connectivity index (χ1n) is 11.2. The number of carbonyl (C=O) groups excluding carboxylic acids is 1. The first kappa shape index (κ1) is 21.2. The molecule has 0 aliphatic heterocycles. The van der Waals surface area contributed by atoms with E-state index in [1.807, 2.05) is 72.8 Å². The second-order valence-corrected chi connectivity index (χ2v) is 8.38. The van der Waals surface area contributed by atoms with Crippen molar-refractivity contribution >= 4 is 5.91 Å². The lowest BCUT2D eigenvalue weighted by Crippen LogP contribution is -2.33. The summed E-state index contributed by atoms with van der Waals surface area (Å²) in [7, 11) is 0. The van der Waals surface area contributed by atoms with Gasteiger partial charge >= 0.3 is 0 Å². The van der Waals surface area contributed by atoms with Crippen LogP contribution in [0.1, 0.15) is 38.9 Å². The molecule has 166 valence electrons. The molecule has 1 aliphatic rings. The van der Waals surface area contributed by atoms with Crippen molar-refractivity contribution in [1.82, 2.24) is 10.6 Å². The van der Waals surface area contributed by atoms with Gasteiger partial charge in [-0.2, -0.15) is 0 Å². The van der Waals surface area contributed by atoms with E-state index in [4.69, 9.17) is 4.42 Å². The highest BCUT2D eigenvalue weighted by Gasteiger charge is 2.32. The Hall–Kier alpha value is -3.67. The monoisotopic (exact) mass is 438 g/mol. The maximum absolute atomic E-state index is 12.9. The fourth-order valence-electron chi connectivity index (χ4n) is 4.37. The van der Waals surface area contributed by atoms with Crippen molar-refractivity contribution in [3.05, 3.63) is 119 Å². The van der Waals surface area contributed by atoms with Crippen LogP contribution in [0.15, 0.2) is 95.6 Å². The van der Waals surface area contributed by atoms with Gasteiger partial charge in [0.2, 0.25) is 0 Å². The minimum Gasteiger partial charge on any atom is -0.468 e. The summed E-state index contributed by atoms with van der Waals surface area (Å²) in [5.41, 5.74) is 5.89. The van der Waals surface area contributed by atoms with E-state index < -0.39 is 12.1 Å². The quantitative estimate of drug-likeness (QED) is 0.394. The molecule has 3 aromatic carbocycles. The van der Waals surface area contributed by atoms with Gasteiger partial charge in [0.25, 0.3) is 5.91 Å². The summed E-state index contributed by atoms with van der Waals surface area (Å²) in [5, 5.41) is 17.1. The molecule has 1 heterocycles. The Morgan fingerprint density at radius 3 is 2.45 bits per heavy atom. The summed E-state index contributed by atoms with van der Waals surface area (Å²) in [6.45, 7) is 1.32. The molecule has 5 rings (SSSR count). The van der Waals surface area contributed by atoms with Crippen LogP contribution in [-0.4, -0.2) is 17.1 Å². The highest BCUT2D eigenvalue weighted by molar-refractivity contribution is 5.95. The van der Waals surface area contributed by atoms with Crippen molar-refractivity contribution in [2.45, 2.75) is 31.7 Å². The van der Waals surface area contributed by atoms with Crippen molar-refractivity contribution in [1.29, 1.82) is 0 Å². The highest BCUT2D eigenvalue weighted by Crippen LogP contribution is 2.32. The molecule has 1 aliphatic carbocycles. The molecule has 3 N–H and O–H groups in total. The Morgan fingerprint density at radius 2 is 1.70 bits per heavy atom. The van der Waals surface area contributed by atoms with Crippen LogP contribution in [0.4, 0.5) is 0 Å². The number of hydrogen-bond acceptors (Lipinski definition) is 4. The Bertz CT molecular complexity index is 1220. The van der Waals surface area contributed by atoms with Gasteiger partial charge in [0.15, 0.2) is 0 Å². The molecule has 0 unspecified atom stereocenters. The lowest BCUT2D eigenvalue weighted by molar-refractivity contribution is 0.0858. The third-order valence-corrected chi connectivity index (χ3v) is 6.11. The number of rotatable bonds is 7. The van der Waals surface area contributed by atoms with Crippen LogP contribution in [-0.2, 0) is 19.5 Å². The number of amides is 1. The van der Waals surface area contributed by atoms with Crippen LogP contribution in [0.3, 0.4) is 0 Å². The number of fused-ring (bicyclic) bond motifs is 1. The molecule has 0 saturated heterocycles. The molecule has 33 heavy (non-hydrogen) atoms. The Morgan fingerprint density at radius 1 is 0.909 bits per heavy atom. The summed E-state index contributed by atoms with van der Waals surface area (Å²) in [6.07, 6.45) is 1.56. The maximum Gasteiger partial charge on any atom is 0.251 e. The van der Waals surface area contributed by atoms with Gasteiger partial charge in [0.1, 0.15) is 5.76 Å². The molecular weight excluding hydrogens is 412 g/mol. The number of nitrogens with one attached hydrogen (secondary N) is 2. The van der Waals surface area contributed by atoms with Crippen LogP contribution in [0, 0.1) is 0 Å². The summed E-state index contributed by atoms with van der Waals surface area (Å²) in [6, 6.07) is 27.2. The Labute approximate surface area is 193 Å². The number of aliphatic hydroxyl groups excluding tert-OH is 1. The van der Waals surface area contributed by atoms with Crippen LogP contribution < -0.4 is 10.6 Å². The summed E-state index contributed by atoms with van der Waals surface area (Å²) in [5.74, 6) is 0.697. The average molecular weight is 439 g/mol. The number of hydrogen-bond donors (Lipinski definition) is 3. The van der Waals surface area contributed by atoms with Gasteiger partial charge in [-0.1, -0.05) is 60.7 Å². The molecule has 1 amide bonds. The predicted molar refractivity (Wildman–Crippen MR) is 127 cm³/mol. The van der Waals surface area contributed by atoms with Crippen LogP contribution in [0.25, 0.3) is 11.1 Å². The van der Waals surface area contributed by atoms with Crippen molar-refractivity contribution in [2.24, 2.45) is 0 Å². The average Bonchev–Trinajstić information content (AvgIpc) is 3.48. The molecule has 0 spiro atoms. The zero-order chi connectivity index (χ0) is 22.6. The molecule has 0 radical (unpaired) electrons. The minimum atomic E-state index is -0.640. The zero-order valence-corrected chi connectivity index (χ0v) is 18.2. The van der Waals surface area contributed by atoms with Crippen LogP contribution in [0.2, 0.25) is 0 Å². The summed E-state index contributed by atoms with van der Waals surface area (Å²) in [4.78, 5) is 12.9. The fraction of sp³-hybridized carbons (Fsp3) is 0.179. The van der Waals surface area contributed by atoms with E-state index in [0.29, 0.717) is 25.1 Å². The van der Waals surface area contributed by atoms with Gasteiger partial charge in [0, 0.05) is 18.5 Å². The van der Waals surface area contributed by atoms with Gasteiger partial charge in [-0.25, -0.2) is 0 Å². The molecule has 4 aromatic rings. The van der Waals surface area contributed by atoms with Gasteiger partial charge in [-0.3, -0.25) is 4.79 Å². The molecule has 2 atom stereocenters. The molecule has 0 bridgehead atoms. The number of benzene rings is 3. The first-order chi connectivity index (χ1) is 16.2. The topological polar surface area (TPSA) is 74.5 Å². The van der Waals surface area contributed by atoms with E-state index >= 15 is 0 Å². The third kappa shape index (κ3) is 4.75. The smallest absolute Gasteiger partial charge is 0.251 e. The van der Waals surface area contributed by atoms with Gasteiger partial charge in [-0.05, 0) is 52.1 Å². The van der Waals surface area contributed by atoms with Crippen molar-refractivity contribution < 1.29 is 14.3 Å². The van der Waals surface area contributed by atoms with Crippen molar-refractivity contribution in [3.63, 3.8) is 0 Å². The maximum atomic E-state index is 12.9. The lowest BCUT2D eigenvalue weighted by Gasteiger charge is -2.19. The Kier molecular flexibility index (Phi) is 6.07. The van der Waals surface area contributed by atoms with E-state index in [2.05, 4.69) is 22.8 Å². The van der Waals surface area contributed by atoms with Gasteiger partial charge < -0.3 is 20.2 Å². The molecular formula is C28H26N2O3. The van der Waals surface area contributed by atoms with E-state index in [-0.39, 0.29) is 5.91 Å². The van der Waals surface area contributed by atoms with E-state index in [9.17, 15) is 9.90 Å².